The van der Waals surface area contributed by atoms with Crippen molar-refractivity contribution in [2.45, 2.75) is 134 Å². The minimum absolute atomic E-state index is 0.00130. The quantitative estimate of drug-likeness (QED) is 0.121. The molecule has 2 aliphatic heterocycles. The van der Waals surface area contributed by atoms with Gasteiger partial charge in [0.15, 0.2) is 0 Å². The number of hydrogen-bond acceptors (Lipinski definition) is 6. The Bertz CT molecular complexity index is 2270. The van der Waals surface area contributed by atoms with E-state index in [-0.39, 0.29) is 59.2 Å². The number of likely N-dealkylation sites (N-methyl/N-ethyl adjacent to an activating group) is 2. The van der Waals surface area contributed by atoms with Crippen molar-refractivity contribution in [2.24, 2.45) is 11.8 Å². The van der Waals surface area contributed by atoms with Gasteiger partial charge in [-0.15, -0.1) is 0 Å². The van der Waals surface area contributed by atoms with Gasteiger partial charge in [-0.1, -0.05) is 77.0 Å². The van der Waals surface area contributed by atoms with Crippen LogP contribution in [0, 0.1) is 11.8 Å². The third-order valence-corrected chi connectivity index (χ3v) is 14.7. The van der Waals surface area contributed by atoms with Gasteiger partial charge < -0.3 is 30.4 Å². The highest BCUT2D eigenvalue weighted by Crippen LogP contribution is 2.55. The summed E-state index contributed by atoms with van der Waals surface area (Å²) >= 11 is 0. The zero-order valence-electron chi connectivity index (χ0n) is 36.0. The van der Waals surface area contributed by atoms with Crippen molar-refractivity contribution in [2.75, 3.05) is 27.2 Å². The standard InChI is InChI=1S/C49H64N8O2/c1-29(2)43(50-5)47(58)56-25-9-11-40(56)45-52-28-39(55-45)32-15-13-31(14-16-32)35-19-18-34(36-21-24-49(42(35)36)22-7-8-23-49)33-17-20-37-38(27-33)54-46(53-37)41-12-10-26-57(41)48(59)44(51-6)30(3)4/h13-15,17-20,27-30,32,40-41,43-44,50-51H,7-12,16,21-26H2,1-6H3,(H,52,55)(H,53,54). The Morgan fingerprint density at radius 3 is 2.10 bits per heavy atom. The van der Waals surface area contributed by atoms with E-state index in [9.17, 15) is 9.59 Å². The number of imidazole rings is 2. The number of nitrogens with one attached hydrogen (secondary N) is 4. The summed E-state index contributed by atoms with van der Waals surface area (Å²) in [6.45, 7) is 9.95. The summed E-state index contributed by atoms with van der Waals surface area (Å²) in [7, 11) is 3.76. The van der Waals surface area contributed by atoms with Crippen molar-refractivity contribution in [3.05, 3.63) is 88.8 Å². The zero-order valence-corrected chi connectivity index (χ0v) is 36.0. The molecule has 2 aromatic heterocycles. The number of hydrogen-bond donors (Lipinski definition) is 4. The van der Waals surface area contributed by atoms with Gasteiger partial charge in [0.25, 0.3) is 0 Å². The molecule has 59 heavy (non-hydrogen) atoms. The van der Waals surface area contributed by atoms with Gasteiger partial charge in [-0.05, 0) is 135 Å². The van der Waals surface area contributed by atoms with Crippen LogP contribution in [0.2, 0.25) is 0 Å². The van der Waals surface area contributed by atoms with Crippen molar-refractivity contribution < 1.29 is 9.59 Å². The minimum Gasteiger partial charge on any atom is -0.344 e. The van der Waals surface area contributed by atoms with Crippen LogP contribution in [0.15, 0.2) is 54.8 Å². The van der Waals surface area contributed by atoms with Crippen LogP contribution in [0.5, 0.6) is 0 Å². The number of benzene rings is 2. The highest BCUT2D eigenvalue weighted by molar-refractivity contribution is 5.87. The molecular formula is C49H64N8O2. The summed E-state index contributed by atoms with van der Waals surface area (Å²) in [6.07, 6.45) is 21.4. The van der Waals surface area contributed by atoms with E-state index in [4.69, 9.17) is 9.97 Å². The molecule has 2 amide bonds. The molecule has 2 aromatic carbocycles. The summed E-state index contributed by atoms with van der Waals surface area (Å²) in [5.74, 6) is 2.82. The fourth-order valence-electron chi connectivity index (χ4n) is 11.7. The van der Waals surface area contributed by atoms with Gasteiger partial charge in [-0.3, -0.25) is 9.59 Å². The molecule has 10 nitrogen and oxygen atoms in total. The molecule has 0 bridgehead atoms. The average molecular weight is 797 g/mol. The summed E-state index contributed by atoms with van der Waals surface area (Å²) in [5, 5.41) is 6.49. The molecule has 1 saturated carbocycles. The number of fused-ring (bicyclic) bond motifs is 3. The van der Waals surface area contributed by atoms with E-state index in [1.165, 1.54) is 59.9 Å². The van der Waals surface area contributed by atoms with E-state index in [0.29, 0.717) is 0 Å². The second-order valence-electron chi connectivity index (χ2n) is 18.8. The number of carbonyl (C=O) groups is 2. The number of rotatable bonds is 11. The van der Waals surface area contributed by atoms with Gasteiger partial charge >= 0.3 is 0 Å². The summed E-state index contributed by atoms with van der Waals surface area (Å²) < 4.78 is 0. The van der Waals surface area contributed by atoms with Crippen LogP contribution >= 0.6 is 0 Å². The Balaban J connectivity index is 0.969. The second kappa shape index (κ2) is 16.1. The average Bonchev–Trinajstić information content (AvgIpc) is 4.09. The van der Waals surface area contributed by atoms with Gasteiger partial charge in [-0.2, -0.15) is 0 Å². The fourth-order valence-corrected chi connectivity index (χ4v) is 11.7. The maximum Gasteiger partial charge on any atom is 0.240 e. The number of likely N-dealkylation sites (tertiary alicyclic amines) is 2. The molecule has 4 aromatic rings. The molecule has 0 radical (unpaired) electrons. The van der Waals surface area contributed by atoms with E-state index < -0.39 is 0 Å². The summed E-state index contributed by atoms with van der Waals surface area (Å²) in [5.41, 5.74) is 11.8. The van der Waals surface area contributed by atoms with Crippen LogP contribution in [0.1, 0.15) is 144 Å². The molecule has 10 heteroatoms. The smallest absolute Gasteiger partial charge is 0.240 e. The molecule has 2 saturated heterocycles. The Kier molecular flexibility index (Phi) is 10.9. The lowest BCUT2D eigenvalue weighted by Gasteiger charge is -2.29. The normalized spacial score (nSPS) is 23.6. The van der Waals surface area contributed by atoms with Crippen LogP contribution < -0.4 is 10.6 Å². The molecule has 5 aliphatic rings. The Hall–Kier alpha value is -4.54. The van der Waals surface area contributed by atoms with Gasteiger partial charge in [0.05, 0.1) is 35.2 Å². The van der Waals surface area contributed by atoms with Gasteiger partial charge in [-0.25, -0.2) is 9.97 Å². The van der Waals surface area contributed by atoms with Crippen LogP contribution in [0.25, 0.3) is 27.7 Å². The lowest BCUT2D eigenvalue weighted by atomic mass is 9.75. The van der Waals surface area contributed by atoms with Crippen molar-refractivity contribution in [3.8, 4) is 11.1 Å². The summed E-state index contributed by atoms with van der Waals surface area (Å²) in [4.78, 5) is 48.5. The van der Waals surface area contributed by atoms with E-state index in [2.05, 4.69) is 96.9 Å². The van der Waals surface area contributed by atoms with E-state index >= 15 is 0 Å². The number of amides is 2. The molecule has 1 spiro atoms. The molecule has 9 rings (SSSR count). The number of carbonyl (C=O) groups excluding carboxylic acids is 2. The number of aromatic nitrogens is 4. The molecular weight excluding hydrogens is 733 g/mol. The Morgan fingerprint density at radius 1 is 0.814 bits per heavy atom. The van der Waals surface area contributed by atoms with E-state index in [1.807, 2.05) is 30.1 Å². The highest BCUT2D eigenvalue weighted by Gasteiger charge is 2.44. The first kappa shape index (κ1) is 39.9. The maximum atomic E-state index is 13.6. The molecule has 312 valence electrons. The van der Waals surface area contributed by atoms with Crippen LogP contribution in [0.4, 0.5) is 0 Å². The van der Waals surface area contributed by atoms with Gasteiger partial charge in [0, 0.05) is 30.9 Å². The molecule has 5 atom stereocenters. The van der Waals surface area contributed by atoms with Crippen molar-refractivity contribution in [1.82, 2.24) is 40.4 Å². The van der Waals surface area contributed by atoms with Crippen LogP contribution in [-0.2, 0) is 21.4 Å². The second-order valence-corrected chi connectivity index (χ2v) is 18.8. The van der Waals surface area contributed by atoms with Crippen molar-refractivity contribution >= 4 is 28.4 Å². The number of allylic oxidation sites excluding steroid dienone is 4. The van der Waals surface area contributed by atoms with E-state index in [1.54, 1.807) is 5.56 Å². The maximum absolute atomic E-state index is 13.6. The zero-order chi connectivity index (χ0) is 41.0. The number of nitrogens with zero attached hydrogens (tertiary/aromatic N) is 4. The molecule has 5 unspecified atom stereocenters. The topological polar surface area (TPSA) is 122 Å². The number of aromatic amines is 2. The third kappa shape index (κ3) is 7.07. The first-order valence-corrected chi connectivity index (χ1v) is 22.7. The molecule has 4 N–H and O–H groups in total. The van der Waals surface area contributed by atoms with Gasteiger partial charge in [0.2, 0.25) is 11.8 Å². The first-order chi connectivity index (χ1) is 28.6. The monoisotopic (exact) mass is 797 g/mol. The highest BCUT2D eigenvalue weighted by atomic mass is 16.2. The minimum atomic E-state index is -0.195. The molecule has 3 aliphatic carbocycles. The predicted molar refractivity (Wildman–Crippen MR) is 236 cm³/mol. The molecule has 3 fully saturated rings. The SMILES string of the molecule is CNC(C(=O)N1CCCC1c1ncc(C2C=CC(c3ccc(-c4ccc5nc(C6CCCN6C(=O)C(NC)C(C)C)[nH]c5c4)c4c3C3(CCCC3)CC4)=CC2)[nH]1)C(C)C. The van der Waals surface area contributed by atoms with Gasteiger partial charge in [0.1, 0.15) is 11.6 Å². The lowest BCUT2D eigenvalue weighted by Crippen LogP contribution is -2.47. The largest absolute Gasteiger partial charge is 0.344 e. The van der Waals surface area contributed by atoms with Crippen molar-refractivity contribution in [1.29, 1.82) is 0 Å². The molecule has 4 heterocycles. The summed E-state index contributed by atoms with van der Waals surface area (Å²) in [6, 6.07) is 11.1. The number of H-pyrrole nitrogens is 2. The van der Waals surface area contributed by atoms with Crippen LogP contribution in [-0.4, -0.2) is 80.8 Å². The third-order valence-electron chi connectivity index (χ3n) is 14.7. The lowest BCUT2D eigenvalue weighted by molar-refractivity contribution is -0.136. The van der Waals surface area contributed by atoms with E-state index in [0.717, 1.165) is 80.0 Å². The predicted octanol–water partition coefficient (Wildman–Crippen LogP) is 8.65. The Labute approximate surface area is 350 Å². The van der Waals surface area contributed by atoms with Crippen LogP contribution in [0.3, 0.4) is 0 Å². The fraction of sp³-hybridized carbons (Fsp3) is 0.551. The first-order valence-electron chi connectivity index (χ1n) is 22.7. The Morgan fingerprint density at radius 2 is 1.47 bits per heavy atom. The van der Waals surface area contributed by atoms with Crippen molar-refractivity contribution in [3.63, 3.8) is 0 Å².